The molecule has 2 rings (SSSR count). The van der Waals surface area contributed by atoms with E-state index in [1.807, 2.05) is 12.1 Å². The largest absolute Gasteiger partial charge is 0.493 e. The number of methoxy groups -OCH3 is 1. The number of halogens is 1. The van der Waals surface area contributed by atoms with Gasteiger partial charge in [0.25, 0.3) is 0 Å². The highest BCUT2D eigenvalue weighted by Gasteiger charge is 2.06. The second-order valence-corrected chi connectivity index (χ2v) is 5.39. The number of ether oxygens (including phenoxy) is 2. The van der Waals surface area contributed by atoms with Crippen LogP contribution in [0.2, 0.25) is 5.02 Å². The Kier molecular flexibility index (Phi) is 6.61. The van der Waals surface area contributed by atoms with Crippen LogP contribution in [-0.4, -0.2) is 19.6 Å². The minimum Gasteiger partial charge on any atom is -0.493 e. The van der Waals surface area contributed by atoms with Gasteiger partial charge in [-0.2, -0.15) is 10.5 Å². The number of rotatable bonds is 6. The molecule has 0 fully saturated rings. The van der Waals surface area contributed by atoms with Gasteiger partial charge in [0.15, 0.2) is 18.1 Å². The summed E-state index contributed by atoms with van der Waals surface area (Å²) in [6, 6.07) is 13.6. The molecule has 0 aliphatic rings. The lowest BCUT2D eigenvalue weighted by molar-refractivity contribution is -0.111. The van der Waals surface area contributed by atoms with Gasteiger partial charge in [-0.05, 0) is 42.0 Å². The van der Waals surface area contributed by atoms with Crippen molar-refractivity contribution in [2.45, 2.75) is 0 Å². The molecule has 2 aromatic carbocycles. The zero-order valence-electron chi connectivity index (χ0n) is 13.8. The summed E-state index contributed by atoms with van der Waals surface area (Å²) in [6.45, 7) is -0.0822. The lowest BCUT2D eigenvalue weighted by Crippen LogP contribution is -2.07. The van der Waals surface area contributed by atoms with E-state index in [2.05, 4.69) is 5.32 Å². The number of carbonyl (C=O) groups excluding carboxylic acids is 1. The second kappa shape index (κ2) is 9.12. The van der Waals surface area contributed by atoms with Crippen molar-refractivity contribution in [3.8, 4) is 23.6 Å². The van der Waals surface area contributed by atoms with E-state index in [-0.39, 0.29) is 17.5 Å². The number of hydrogen-bond acceptors (Lipinski definition) is 5. The number of nitrogens with one attached hydrogen (secondary N) is 1. The van der Waals surface area contributed by atoms with Crippen molar-refractivity contribution in [1.29, 1.82) is 10.5 Å². The Hall–Kier alpha value is -3.48. The van der Waals surface area contributed by atoms with E-state index in [1.165, 1.54) is 25.3 Å². The van der Waals surface area contributed by atoms with Crippen LogP contribution >= 0.6 is 11.6 Å². The number of carbonyl (C=O) groups is 1. The molecule has 0 saturated carbocycles. The summed E-state index contributed by atoms with van der Waals surface area (Å²) in [6.07, 6.45) is 2.97. The first kappa shape index (κ1) is 18.9. The highest BCUT2D eigenvalue weighted by Crippen LogP contribution is 2.28. The smallest absolute Gasteiger partial charge is 0.248 e. The van der Waals surface area contributed by atoms with E-state index in [9.17, 15) is 4.79 Å². The Morgan fingerprint density at radius 2 is 2.04 bits per heavy atom. The molecule has 1 amide bonds. The van der Waals surface area contributed by atoms with Crippen LogP contribution in [0.4, 0.5) is 5.69 Å². The molecule has 0 aromatic heterocycles. The minimum atomic E-state index is -0.352. The third kappa shape index (κ3) is 5.01. The molecule has 6 nitrogen and oxygen atoms in total. The zero-order valence-corrected chi connectivity index (χ0v) is 14.6. The molecule has 2 aromatic rings. The van der Waals surface area contributed by atoms with Gasteiger partial charge in [0.05, 0.1) is 17.7 Å². The predicted molar refractivity (Wildman–Crippen MR) is 97.9 cm³/mol. The van der Waals surface area contributed by atoms with Gasteiger partial charge in [0.2, 0.25) is 5.91 Å². The fourth-order valence-corrected chi connectivity index (χ4v) is 2.28. The SMILES string of the molecule is COc1cc(/C=C/C(=O)Nc2ccc(C#N)c(Cl)c2)ccc1OCC#N. The number of amides is 1. The third-order valence-corrected chi connectivity index (χ3v) is 3.58. The molecule has 0 radical (unpaired) electrons. The van der Waals surface area contributed by atoms with Gasteiger partial charge in [-0.25, -0.2) is 0 Å². The van der Waals surface area contributed by atoms with Crippen LogP contribution in [0.1, 0.15) is 11.1 Å². The van der Waals surface area contributed by atoms with Gasteiger partial charge < -0.3 is 14.8 Å². The number of benzene rings is 2. The number of nitriles is 2. The molecule has 0 bridgehead atoms. The van der Waals surface area contributed by atoms with Crippen molar-refractivity contribution in [1.82, 2.24) is 0 Å². The van der Waals surface area contributed by atoms with Crippen LogP contribution < -0.4 is 14.8 Å². The molecule has 0 unspecified atom stereocenters. The van der Waals surface area contributed by atoms with Crippen LogP contribution in [0.25, 0.3) is 6.08 Å². The lowest BCUT2D eigenvalue weighted by Gasteiger charge is -2.08. The summed E-state index contributed by atoms with van der Waals surface area (Å²) in [4.78, 5) is 12.0. The summed E-state index contributed by atoms with van der Waals surface area (Å²) in [5.74, 6) is 0.555. The first-order valence-corrected chi connectivity index (χ1v) is 7.81. The first-order valence-electron chi connectivity index (χ1n) is 7.44. The Morgan fingerprint density at radius 1 is 1.23 bits per heavy atom. The summed E-state index contributed by atoms with van der Waals surface area (Å²) in [5, 5.41) is 20.3. The predicted octanol–water partition coefficient (Wildman–Crippen LogP) is 3.77. The van der Waals surface area contributed by atoms with Crippen LogP contribution in [0.3, 0.4) is 0 Å². The maximum atomic E-state index is 12.0. The maximum Gasteiger partial charge on any atom is 0.248 e. The monoisotopic (exact) mass is 367 g/mol. The standard InChI is InChI=1S/C19H14ClN3O3/c1-25-18-10-13(2-6-17(18)26-9-8-21)3-7-19(24)23-15-5-4-14(12-22)16(20)11-15/h2-7,10-11H,9H2,1H3,(H,23,24)/b7-3+. The van der Waals surface area contributed by atoms with Crippen LogP contribution in [0.15, 0.2) is 42.5 Å². The van der Waals surface area contributed by atoms with Crippen LogP contribution in [-0.2, 0) is 4.79 Å². The molecule has 0 saturated heterocycles. The molecule has 0 spiro atoms. The molecule has 26 heavy (non-hydrogen) atoms. The topological polar surface area (TPSA) is 95.1 Å². The first-order chi connectivity index (χ1) is 12.6. The fourth-order valence-electron chi connectivity index (χ4n) is 2.06. The van der Waals surface area contributed by atoms with Gasteiger partial charge in [0, 0.05) is 11.8 Å². The molecule has 1 N–H and O–H groups in total. The third-order valence-electron chi connectivity index (χ3n) is 3.26. The molecule has 7 heteroatoms. The molecule has 130 valence electrons. The van der Waals surface area contributed by atoms with Crippen LogP contribution in [0, 0.1) is 22.7 Å². The number of nitrogens with zero attached hydrogens (tertiary/aromatic N) is 2. The van der Waals surface area contributed by atoms with Crippen molar-refractivity contribution in [2.24, 2.45) is 0 Å². The Bertz CT molecular complexity index is 927. The van der Waals surface area contributed by atoms with E-state index in [0.717, 1.165) is 5.56 Å². The van der Waals surface area contributed by atoms with Crippen LogP contribution in [0.5, 0.6) is 11.5 Å². The van der Waals surface area contributed by atoms with E-state index >= 15 is 0 Å². The van der Waals surface area contributed by atoms with Crippen molar-refractivity contribution < 1.29 is 14.3 Å². The van der Waals surface area contributed by atoms with Gasteiger partial charge >= 0.3 is 0 Å². The highest BCUT2D eigenvalue weighted by molar-refractivity contribution is 6.32. The normalized spacial score (nSPS) is 10.0. The van der Waals surface area contributed by atoms with E-state index in [1.54, 1.807) is 30.3 Å². The van der Waals surface area contributed by atoms with Gasteiger partial charge in [-0.3, -0.25) is 4.79 Å². The lowest BCUT2D eigenvalue weighted by atomic mass is 10.2. The van der Waals surface area contributed by atoms with Crippen molar-refractivity contribution in [3.63, 3.8) is 0 Å². The second-order valence-electron chi connectivity index (χ2n) is 4.99. The van der Waals surface area contributed by atoms with E-state index in [0.29, 0.717) is 22.7 Å². The molecule has 0 heterocycles. The zero-order chi connectivity index (χ0) is 18.9. The van der Waals surface area contributed by atoms with Crippen molar-refractivity contribution in [3.05, 3.63) is 58.6 Å². The average Bonchev–Trinajstić information content (AvgIpc) is 2.65. The molecular weight excluding hydrogens is 354 g/mol. The van der Waals surface area contributed by atoms with E-state index in [4.69, 9.17) is 31.6 Å². The quantitative estimate of drug-likeness (QED) is 0.784. The van der Waals surface area contributed by atoms with E-state index < -0.39 is 0 Å². The number of hydrogen-bond donors (Lipinski definition) is 1. The molecule has 0 aliphatic heterocycles. The summed E-state index contributed by atoms with van der Waals surface area (Å²) in [5.41, 5.74) is 1.55. The maximum absolute atomic E-state index is 12.0. The van der Waals surface area contributed by atoms with Gasteiger partial charge in [-0.1, -0.05) is 17.7 Å². The molecular formula is C19H14ClN3O3. The highest BCUT2D eigenvalue weighted by atomic mass is 35.5. The molecule has 0 atom stereocenters. The van der Waals surface area contributed by atoms with Crippen molar-refractivity contribution in [2.75, 3.05) is 19.0 Å². The average molecular weight is 368 g/mol. The summed E-state index contributed by atoms with van der Waals surface area (Å²) in [7, 11) is 1.49. The van der Waals surface area contributed by atoms with Crippen molar-refractivity contribution >= 4 is 29.3 Å². The van der Waals surface area contributed by atoms with Gasteiger partial charge in [0.1, 0.15) is 12.1 Å². The Balaban J connectivity index is 2.07. The Morgan fingerprint density at radius 3 is 2.69 bits per heavy atom. The fraction of sp³-hybridized carbons (Fsp3) is 0.105. The Labute approximate surface area is 155 Å². The van der Waals surface area contributed by atoms with Gasteiger partial charge in [-0.15, -0.1) is 0 Å². The summed E-state index contributed by atoms with van der Waals surface area (Å²) < 4.78 is 10.5. The minimum absolute atomic E-state index is 0.0822. The molecule has 0 aliphatic carbocycles. The summed E-state index contributed by atoms with van der Waals surface area (Å²) >= 11 is 5.93. The number of anilines is 1.